The molecule has 0 amide bonds. The quantitative estimate of drug-likeness (QED) is 0.530. The van der Waals surface area contributed by atoms with E-state index in [2.05, 4.69) is 12.2 Å². The van der Waals surface area contributed by atoms with Gasteiger partial charge in [-0.05, 0) is 32.1 Å². The van der Waals surface area contributed by atoms with Gasteiger partial charge in [0.15, 0.2) is 0 Å². The molecule has 0 aromatic carbocycles. The number of aliphatic hydroxyl groups excluding tert-OH is 1. The Morgan fingerprint density at radius 2 is 2.46 bits per heavy atom. The Balaban J connectivity index is 2.18. The fourth-order valence-electron chi connectivity index (χ4n) is 1.33. The third kappa shape index (κ3) is 3.59. The largest absolute Gasteiger partial charge is 0.463 e. The van der Waals surface area contributed by atoms with Crippen molar-refractivity contribution < 1.29 is 14.6 Å². The molecule has 0 heterocycles. The van der Waals surface area contributed by atoms with Gasteiger partial charge >= 0.3 is 5.97 Å². The average molecular weight is 184 g/mol. The molecule has 0 saturated carbocycles. The molecule has 3 heteroatoms. The lowest BCUT2D eigenvalue weighted by Crippen LogP contribution is -2.23. The minimum atomic E-state index is -1.00. The van der Waals surface area contributed by atoms with Crippen molar-refractivity contribution in [2.75, 3.05) is 6.61 Å². The van der Waals surface area contributed by atoms with Crippen molar-refractivity contribution in [1.82, 2.24) is 0 Å². The third-order valence-electron chi connectivity index (χ3n) is 2.18. The Morgan fingerprint density at radius 1 is 1.69 bits per heavy atom. The number of carbonyl (C=O) groups is 1. The number of esters is 1. The predicted molar refractivity (Wildman–Crippen MR) is 49.1 cm³/mol. The smallest absolute Gasteiger partial charge is 0.334 e. The molecule has 0 aromatic rings. The molecule has 0 saturated heterocycles. The molecule has 1 aliphatic rings. The van der Waals surface area contributed by atoms with Crippen LogP contribution in [0.3, 0.4) is 0 Å². The molecule has 1 rings (SSSR count). The first kappa shape index (κ1) is 10.3. The zero-order valence-corrected chi connectivity index (χ0v) is 7.90. The van der Waals surface area contributed by atoms with Crippen LogP contribution in [0.4, 0.5) is 0 Å². The van der Waals surface area contributed by atoms with Crippen LogP contribution in [-0.4, -0.2) is 23.8 Å². The Bertz CT molecular complexity index is 196. The van der Waals surface area contributed by atoms with Gasteiger partial charge in [-0.15, -0.1) is 0 Å². The highest BCUT2D eigenvalue weighted by Gasteiger charge is 2.15. The standard InChI is InChI=1S/C10H16O3/c1-8(11)10(12)13-7-9-5-3-2-4-6-9/h2-3,8-9,11H,4-7H2,1H3/t8?,9-/m0/s1. The van der Waals surface area contributed by atoms with E-state index in [9.17, 15) is 4.79 Å². The second-order valence-corrected chi connectivity index (χ2v) is 3.46. The first-order valence-corrected chi connectivity index (χ1v) is 4.70. The number of carbonyl (C=O) groups excluding carboxylic acids is 1. The molecule has 0 bridgehead atoms. The molecular weight excluding hydrogens is 168 g/mol. The molecule has 0 fully saturated rings. The van der Waals surface area contributed by atoms with E-state index in [0.717, 1.165) is 19.3 Å². The molecule has 0 aliphatic heterocycles. The second-order valence-electron chi connectivity index (χ2n) is 3.46. The number of hydrogen-bond donors (Lipinski definition) is 1. The maximum absolute atomic E-state index is 10.9. The predicted octanol–water partition coefficient (Wildman–Crippen LogP) is 1.27. The Morgan fingerprint density at radius 3 is 3.00 bits per heavy atom. The molecule has 1 unspecified atom stereocenters. The third-order valence-corrected chi connectivity index (χ3v) is 2.18. The molecule has 0 spiro atoms. The number of aliphatic hydroxyl groups is 1. The van der Waals surface area contributed by atoms with Crippen molar-refractivity contribution >= 4 is 5.97 Å². The van der Waals surface area contributed by atoms with Gasteiger partial charge in [-0.2, -0.15) is 0 Å². The van der Waals surface area contributed by atoms with Crippen LogP contribution in [0.2, 0.25) is 0 Å². The van der Waals surface area contributed by atoms with Crippen LogP contribution >= 0.6 is 0 Å². The van der Waals surface area contributed by atoms with Gasteiger partial charge in [0, 0.05) is 0 Å². The molecule has 0 aromatic heterocycles. The zero-order chi connectivity index (χ0) is 9.68. The van der Waals surface area contributed by atoms with Crippen LogP contribution in [0.25, 0.3) is 0 Å². The summed E-state index contributed by atoms with van der Waals surface area (Å²) in [6.07, 6.45) is 6.38. The SMILES string of the molecule is CC(O)C(=O)OC[C@H]1CC=CCC1. The van der Waals surface area contributed by atoms with Gasteiger partial charge in [-0.3, -0.25) is 0 Å². The monoisotopic (exact) mass is 184 g/mol. The van der Waals surface area contributed by atoms with Gasteiger partial charge in [0.1, 0.15) is 6.10 Å². The average Bonchev–Trinajstić information content (AvgIpc) is 2.15. The molecule has 1 aliphatic carbocycles. The van der Waals surface area contributed by atoms with E-state index in [1.165, 1.54) is 6.92 Å². The summed E-state index contributed by atoms with van der Waals surface area (Å²) in [5, 5.41) is 8.86. The van der Waals surface area contributed by atoms with E-state index in [0.29, 0.717) is 12.5 Å². The van der Waals surface area contributed by atoms with Crippen molar-refractivity contribution in [3.8, 4) is 0 Å². The lowest BCUT2D eigenvalue weighted by atomic mass is 9.95. The van der Waals surface area contributed by atoms with Crippen LogP contribution < -0.4 is 0 Å². The molecular formula is C10H16O3. The Labute approximate surface area is 78.4 Å². The van der Waals surface area contributed by atoms with Gasteiger partial charge in [0.2, 0.25) is 0 Å². The van der Waals surface area contributed by atoms with Gasteiger partial charge in [-0.25, -0.2) is 4.79 Å². The highest BCUT2D eigenvalue weighted by molar-refractivity contribution is 5.73. The summed E-state index contributed by atoms with van der Waals surface area (Å²) in [5.41, 5.74) is 0. The van der Waals surface area contributed by atoms with Crippen molar-refractivity contribution in [3.63, 3.8) is 0 Å². The summed E-state index contributed by atoms with van der Waals surface area (Å²) in [6, 6.07) is 0. The van der Waals surface area contributed by atoms with Crippen LogP contribution in [-0.2, 0) is 9.53 Å². The van der Waals surface area contributed by atoms with Crippen molar-refractivity contribution in [3.05, 3.63) is 12.2 Å². The van der Waals surface area contributed by atoms with E-state index >= 15 is 0 Å². The Hall–Kier alpha value is -0.830. The first-order chi connectivity index (χ1) is 6.20. The zero-order valence-electron chi connectivity index (χ0n) is 7.90. The van der Waals surface area contributed by atoms with E-state index < -0.39 is 12.1 Å². The van der Waals surface area contributed by atoms with E-state index in [1.807, 2.05) is 0 Å². The number of allylic oxidation sites excluding steroid dienone is 2. The highest BCUT2D eigenvalue weighted by atomic mass is 16.5. The van der Waals surface area contributed by atoms with Gasteiger partial charge in [0.25, 0.3) is 0 Å². The van der Waals surface area contributed by atoms with Gasteiger partial charge in [-0.1, -0.05) is 12.2 Å². The molecule has 3 nitrogen and oxygen atoms in total. The maximum Gasteiger partial charge on any atom is 0.334 e. The van der Waals surface area contributed by atoms with Crippen LogP contribution in [0, 0.1) is 5.92 Å². The molecule has 74 valence electrons. The van der Waals surface area contributed by atoms with Crippen molar-refractivity contribution in [1.29, 1.82) is 0 Å². The lowest BCUT2D eigenvalue weighted by molar-refractivity contribution is -0.154. The van der Waals surface area contributed by atoms with Crippen molar-refractivity contribution in [2.24, 2.45) is 5.92 Å². The second kappa shape index (κ2) is 5.02. The first-order valence-electron chi connectivity index (χ1n) is 4.70. The van der Waals surface area contributed by atoms with E-state index in [-0.39, 0.29) is 0 Å². The minimum absolute atomic E-state index is 0.438. The topological polar surface area (TPSA) is 46.5 Å². The number of ether oxygens (including phenoxy) is 1. The lowest BCUT2D eigenvalue weighted by Gasteiger charge is -2.17. The Kier molecular flexibility index (Phi) is 3.96. The number of rotatable bonds is 3. The molecule has 0 radical (unpaired) electrons. The fourth-order valence-corrected chi connectivity index (χ4v) is 1.33. The van der Waals surface area contributed by atoms with E-state index in [4.69, 9.17) is 9.84 Å². The van der Waals surface area contributed by atoms with Crippen LogP contribution in [0.5, 0.6) is 0 Å². The van der Waals surface area contributed by atoms with Crippen LogP contribution in [0.15, 0.2) is 12.2 Å². The summed E-state index contributed by atoms with van der Waals surface area (Å²) in [4.78, 5) is 10.9. The summed E-state index contributed by atoms with van der Waals surface area (Å²) in [7, 11) is 0. The molecule has 2 atom stereocenters. The summed E-state index contributed by atoms with van der Waals surface area (Å²) in [6.45, 7) is 1.86. The maximum atomic E-state index is 10.9. The fraction of sp³-hybridized carbons (Fsp3) is 0.700. The van der Waals surface area contributed by atoms with Gasteiger partial charge in [0.05, 0.1) is 6.61 Å². The van der Waals surface area contributed by atoms with Gasteiger partial charge < -0.3 is 9.84 Å². The van der Waals surface area contributed by atoms with Crippen molar-refractivity contribution in [2.45, 2.75) is 32.3 Å². The minimum Gasteiger partial charge on any atom is -0.463 e. The molecule has 13 heavy (non-hydrogen) atoms. The highest BCUT2D eigenvalue weighted by Crippen LogP contribution is 2.18. The summed E-state index contributed by atoms with van der Waals surface area (Å²) >= 11 is 0. The van der Waals surface area contributed by atoms with Crippen LogP contribution in [0.1, 0.15) is 26.2 Å². The molecule has 1 N–H and O–H groups in total. The summed E-state index contributed by atoms with van der Waals surface area (Å²) < 4.78 is 4.92. The van der Waals surface area contributed by atoms with E-state index in [1.54, 1.807) is 0 Å². The number of hydrogen-bond acceptors (Lipinski definition) is 3. The normalized spacial score (nSPS) is 24.0. The summed E-state index contributed by atoms with van der Waals surface area (Å²) in [5.74, 6) is -0.0812.